The van der Waals surface area contributed by atoms with Crippen LogP contribution in [0.5, 0.6) is 5.88 Å². The first-order valence-electron chi connectivity index (χ1n) is 10.2. The van der Waals surface area contributed by atoms with Crippen molar-refractivity contribution < 1.29 is 22.3 Å². The van der Waals surface area contributed by atoms with Crippen LogP contribution in [-0.2, 0) is 16.6 Å². The number of carbonyl (C=O) groups excluding carboxylic acids is 1. The van der Waals surface area contributed by atoms with Gasteiger partial charge in [0.25, 0.3) is 15.9 Å². The van der Waals surface area contributed by atoms with Gasteiger partial charge in [0.15, 0.2) is 0 Å². The summed E-state index contributed by atoms with van der Waals surface area (Å²) >= 11 is 6.16. The smallest absolute Gasteiger partial charge is 0.261 e. The first-order chi connectivity index (χ1) is 15.8. The van der Waals surface area contributed by atoms with Crippen LogP contribution in [0.3, 0.4) is 0 Å². The van der Waals surface area contributed by atoms with E-state index in [9.17, 15) is 17.6 Å². The van der Waals surface area contributed by atoms with Crippen molar-refractivity contribution >= 4 is 33.2 Å². The molecule has 10 heteroatoms. The number of ether oxygens (including phenoxy) is 1. The van der Waals surface area contributed by atoms with E-state index in [1.54, 1.807) is 18.3 Å². The Labute approximate surface area is 197 Å². The number of anilines is 1. The van der Waals surface area contributed by atoms with Gasteiger partial charge in [0, 0.05) is 24.0 Å². The highest BCUT2D eigenvalue weighted by Crippen LogP contribution is 2.23. The molecule has 1 amide bonds. The Balaban J connectivity index is 1.74. The number of unbranched alkanes of at least 4 members (excludes halogenated alkanes) is 1. The Kier molecular flexibility index (Phi) is 8.24. The molecule has 0 saturated heterocycles. The first-order valence-corrected chi connectivity index (χ1v) is 12.1. The predicted molar refractivity (Wildman–Crippen MR) is 124 cm³/mol. The van der Waals surface area contributed by atoms with E-state index < -0.39 is 21.7 Å². The Morgan fingerprint density at radius 2 is 1.91 bits per heavy atom. The van der Waals surface area contributed by atoms with E-state index in [2.05, 4.69) is 21.9 Å². The predicted octanol–water partition coefficient (Wildman–Crippen LogP) is 4.78. The largest absolute Gasteiger partial charge is 0.477 e. The van der Waals surface area contributed by atoms with Gasteiger partial charge in [-0.25, -0.2) is 17.8 Å². The fraction of sp³-hybridized carbons (Fsp3) is 0.217. The van der Waals surface area contributed by atoms with Crippen molar-refractivity contribution in [3.63, 3.8) is 0 Å². The van der Waals surface area contributed by atoms with Gasteiger partial charge < -0.3 is 10.1 Å². The summed E-state index contributed by atoms with van der Waals surface area (Å²) in [4.78, 5) is 16.8. The second kappa shape index (κ2) is 11.1. The van der Waals surface area contributed by atoms with Crippen LogP contribution >= 0.6 is 11.6 Å². The van der Waals surface area contributed by atoms with Gasteiger partial charge in [0.2, 0.25) is 5.88 Å². The molecule has 2 N–H and O–H groups in total. The third-order valence-electron chi connectivity index (χ3n) is 4.62. The van der Waals surface area contributed by atoms with Crippen LogP contribution in [0, 0.1) is 5.82 Å². The average Bonchev–Trinajstić information content (AvgIpc) is 2.80. The second-order valence-electron chi connectivity index (χ2n) is 7.11. The monoisotopic (exact) mass is 491 g/mol. The fourth-order valence-corrected chi connectivity index (χ4v) is 4.14. The molecule has 0 radical (unpaired) electrons. The molecule has 0 aliphatic carbocycles. The molecular formula is C23H23ClFN3O4S. The van der Waals surface area contributed by atoms with Gasteiger partial charge in [-0.1, -0.05) is 31.0 Å². The maximum atomic E-state index is 13.1. The summed E-state index contributed by atoms with van der Waals surface area (Å²) in [5.41, 5.74) is 0.861. The molecular weight excluding hydrogens is 469 g/mol. The number of amides is 1. The van der Waals surface area contributed by atoms with E-state index >= 15 is 0 Å². The molecule has 0 aliphatic rings. The van der Waals surface area contributed by atoms with E-state index in [1.807, 2.05) is 0 Å². The minimum Gasteiger partial charge on any atom is -0.477 e. The van der Waals surface area contributed by atoms with Crippen LogP contribution in [0.25, 0.3) is 0 Å². The summed E-state index contributed by atoms with van der Waals surface area (Å²) in [6, 6.07) is 12.2. The summed E-state index contributed by atoms with van der Waals surface area (Å²) in [7, 11) is -4.03. The molecule has 0 unspecified atom stereocenters. The molecule has 174 valence electrons. The van der Waals surface area contributed by atoms with E-state index in [0.717, 1.165) is 25.0 Å². The number of carbonyl (C=O) groups is 1. The molecule has 33 heavy (non-hydrogen) atoms. The Bertz CT molecular complexity index is 1220. The van der Waals surface area contributed by atoms with Gasteiger partial charge in [-0.3, -0.25) is 9.52 Å². The Hall–Kier alpha value is -3.17. The number of sulfonamides is 1. The first kappa shape index (κ1) is 24.5. The van der Waals surface area contributed by atoms with Crippen LogP contribution in [0.15, 0.2) is 65.7 Å². The van der Waals surface area contributed by atoms with Crippen LogP contribution in [0.4, 0.5) is 10.1 Å². The molecule has 2 aromatic carbocycles. The highest BCUT2D eigenvalue weighted by molar-refractivity contribution is 7.92. The number of halogens is 2. The molecule has 0 spiro atoms. The number of hydrogen-bond acceptors (Lipinski definition) is 5. The number of pyridine rings is 1. The third kappa shape index (κ3) is 6.66. The molecule has 7 nitrogen and oxygen atoms in total. The van der Waals surface area contributed by atoms with Gasteiger partial charge in [-0.05, 0) is 55.0 Å². The molecule has 3 aromatic rings. The zero-order valence-corrected chi connectivity index (χ0v) is 19.4. The van der Waals surface area contributed by atoms with Crippen molar-refractivity contribution in [3.8, 4) is 5.88 Å². The van der Waals surface area contributed by atoms with E-state index in [-0.39, 0.29) is 27.7 Å². The quantitative estimate of drug-likeness (QED) is 0.398. The normalized spacial score (nSPS) is 11.1. The molecule has 0 fully saturated rings. The van der Waals surface area contributed by atoms with Crippen LogP contribution in [0.1, 0.15) is 35.7 Å². The van der Waals surface area contributed by atoms with Crippen LogP contribution in [-0.4, -0.2) is 25.9 Å². The van der Waals surface area contributed by atoms with E-state index in [4.69, 9.17) is 16.3 Å². The van der Waals surface area contributed by atoms with Crippen LogP contribution in [0.2, 0.25) is 5.02 Å². The number of nitrogens with zero attached hydrogens (tertiary/aromatic N) is 1. The lowest BCUT2D eigenvalue weighted by Crippen LogP contribution is -2.24. The SMILES string of the molecule is CCCCOc1ncccc1CNC(=O)c1cc(S(=O)(=O)Nc2ccc(F)cc2)ccc1Cl. The second-order valence-corrected chi connectivity index (χ2v) is 9.20. The van der Waals surface area contributed by atoms with Gasteiger partial charge in [-0.2, -0.15) is 0 Å². The molecule has 0 aliphatic heterocycles. The zero-order valence-electron chi connectivity index (χ0n) is 17.8. The van der Waals surface area contributed by atoms with Gasteiger partial charge in [0.1, 0.15) is 5.82 Å². The minimum absolute atomic E-state index is 0.00371. The molecule has 3 rings (SSSR count). The summed E-state index contributed by atoms with van der Waals surface area (Å²) in [6.45, 7) is 2.69. The Morgan fingerprint density at radius 3 is 2.64 bits per heavy atom. The number of aromatic nitrogens is 1. The lowest BCUT2D eigenvalue weighted by molar-refractivity contribution is 0.0950. The summed E-state index contributed by atoms with van der Waals surface area (Å²) in [5.74, 6) is -0.615. The van der Waals surface area contributed by atoms with Gasteiger partial charge in [0.05, 0.1) is 22.1 Å². The lowest BCUT2D eigenvalue weighted by atomic mass is 10.2. The number of hydrogen-bond donors (Lipinski definition) is 2. The van der Waals surface area contributed by atoms with E-state index in [1.165, 1.54) is 30.3 Å². The maximum absolute atomic E-state index is 13.1. The van der Waals surface area contributed by atoms with Crippen molar-refractivity contribution in [2.24, 2.45) is 0 Å². The lowest BCUT2D eigenvalue weighted by Gasteiger charge is -2.13. The summed E-state index contributed by atoms with van der Waals surface area (Å²) in [6.07, 6.45) is 3.46. The molecule has 1 aromatic heterocycles. The molecule has 0 bridgehead atoms. The standard InChI is InChI=1S/C23H23ClFN3O4S/c1-2-3-13-32-23-16(5-4-12-26-23)15-27-22(29)20-14-19(10-11-21(20)24)33(30,31)28-18-8-6-17(25)7-9-18/h4-12,14,28H,2-3,13,15H2,1H3,(H,27,29). The molecule has 0 atom stereocenters. The van der Waals surface area contributed by atoms with Gasteiger partial charge in [-0.15, -0.1) is 0 Å². The molecule has 1 heterocycles. The van der Waals surface area contributed by atoms with Crippen LogP contribution < -0.4 is 14.8 Å². The maximum Gasteiger partial charge on any atom is 0.261 e. The highest BCUT2D eigenvalue weighted by Gasteiger charge is 2.19. The Morgan fingerprint density at radius 1 is 1.15 bits per heavy atom. The average molecular weight is 492 g/mol. The van der Waals surface area contributed by atoms with Crippen molar-refractivity contribution in [2.75, 3.05) is 11.3 Å². The summed E-state index contributed by atoms with van der Waals surface area (Å²) in [5, 5.41) is 2.82. The van der Waals surface area contributed by atoms with Crippen molar-refractivity contribution in [2.45, 2.75) is 31.2 Å². The zero-order chi connectivity index (χ0) is 23.8. The minimum atomic E-state index is -4.03. The van der Waals surface area contributed by atoms with Crippen molar-refractivity contribution in [3.05, 3.63) is 82.8 Å². The fourth-order valence-electron chi connectivity index (χ4n) is 2.85. The topological polar surface area (TPSA) is 97.4 Å². The van der Waals surface area contributed by atoms with E-state index in [0.29, 0.717) is 18.1 Å². The third-order valence-corrected chi connectivity index (χ3v) is 6.32. The van der Waals surface area contributed by atoms with Crippen molar-refractivity contribution in [1.82, 2.24) is 10.3 Å². The number of benzene rings is 2. The van der Waals surface area contributed by atoms with Gasteiger partial charge >= 0.3 is 0 Å². The summed E-state index contributed by atoms with van der Waals surface area (Å²) < 4.78 is 46.5. The highest BCUT2D eigenvalue weighted by atomic mass is 35.5. The number of rotatable bonds is 10. The molecule has 0 saturated carbocycles. The number of nitrogens with one attached hydrogen (secondary N) is 2. The van der Waals surface area contributed by atoms with Crippen molar-refractivity contribution in [1.29, 1.82) is 0 Å².